The lowest BCUT2D eigenvalue weighted by Gasteiger charge is -2.28. The highest BCUT2D eigenvalue weighted by atomic mass is 16.5. The minimum atomic E-state index is 0.488. The average molecular weight is 302 g/mol. The summed E-state index contributed by atoms with van der Waals surface area (Å²) >= 11 is 0. The van der Waals surface area contributed by atoms with Gasteiger partial charge in [-0.1, -0.05) is 24.3 Å². The maximum atomic E-state index is 5.45. The van der Waals surface area contributed by atoms with Gasteiger partial charge in [0.1, 0.15) is 0 Å². The van der Waals surface area contributed by atoms with Gasteiger partial charge in [-0.25, -0.2) is 0 Å². The molecule has 3 heteroatoms. The van der Waals surface area contributed by atoms with E-state index in [0.29, 0.717) is 12.1 Å². The van der Waals surface area contributed by atoms with E-state index in [9.17, 15) is 0 Å². The smallest absolute Gasteiger partial charge is 0.0572 e. The highest BCUT2D eigenvalue weighted by Gasteiger charge is 2.20. The predicted octanol–water partition coefficient (Wildman–Crippen LogP) is 3.33. The second-order valence-electron chi connectivity index (χ2n) is 6.89. The molecule has 0 atom stereocenters. The molecule has 1 N–H and O–H groups in total. The van der Waals surface area contributed by atoms with Crippen LogP contribution in [0.5, 0.6) is 0 Å². The van der Waals surface area contributed by atoms with Crippen molar-refractivity contribution in [1.82, 2.24) is 10.2 Å². The third-order valence-electron chi connectivity index (χ3n) is 5.20. The van der Waals surface area contributed by atoms with Crippen LogP contribution in [0.3, 0.4) is 0 Å². The van der Waals surface area contributed by atoms with E-state index in [2.05, 4.69) is 34.5 Å². The first-order valence-corrected chi connectivity index (χ1v) is 8.90. The first kappa shape index (κ1) is 16.0. The van der Waals surface area contributed by atoms with Crippen molar-refractivity contribution in [2.45, 2.75) is 63.8 Å². The molecule has 0 aromatic heterocycles. The molecule has 122 valence electrons. The number of rotatable bonds is 6. The first-order chi connectivity index (χ1) is 10.8. The molecule has 3 nitrogen and oxygen atoms in total. The molecule has 2 fully saturated rings. The van der Waals surface area contributed by atoms with Gasteiger partial charge < -0.3 is 10.1 Å². The molecule has 0 radical (unpaired) electrons. The Morgan fingerprint density at radius 1 is 1.09 bits per heavy atom. The number of hydrogen-bond acceptors (Lipinski definition) is 3. The normalized spacial score (nSPS) is 26.4. The van der Waals surface area contributed by atoms with Gasteiger partial charge in [-0.05, 0) is 62.7 Å². The maximum Gasteiger partial charge on any atom is 0.0572 e. The van der Waals surface area contributed by atoms with E-state index in [1.54, 1.807) is 0 Å². The summed E-state index contributed by atoms with van der Waals surface area (Å²) in [6.07, 6.45) is 8.10. The molecular formula is C19H30N2O. The van der Waals surface area contributed by atoms with Gasteiger partial charge in [-0.3, -0.25) is 4.90 Å². The second kappa shape index (κ2) is 8.09. The van der Waals surface area contributed by atoms with Crippen molar-refractivity contribution in [2.24, 2.45) is 0 Å². The number of benzene rings is 1. The number of nitrogens with zero attached hydrogens (tertiary/aromatic N) is 1. The average Bonchev–Trinajstić information content (AvgIpc) is 3.07. The Bertz CT molecular complexity index is 449. The molecular weight excluding hydrogens is 272 g/mol. The minimum absolute atomic E-state index is 0.488. The Morgan fingerprint density at radius 2 is 1.82 bits per heavy atom. The Balaban J connectivity index is 1.46. The van der Waals surface area contributed by atoms with Crippen LogP contribution in [-0.2, 0) is 17.8 Å². The van der Waals surface area contributed by atoms with Crippen LogP contribution in [0.25, 0.3) is 0 Å². The Hall–Kier alpha value is -0.900. The van der Waals surface area contributed by atoms with E-state index in [-0.39, 0.29) is 0 Å². The zero-order valence-corrected chi connectivity index (χ0v) is 13.9. The molecule has 1 aromatic rings. The summed E-state index contributed by atoms with van der Waals surface area (Å²) in [5, 5.41) is 3.73. The van der Waals surface area contributed by atoms with Gasteiger partial charge in [0.05, 0.1) is 6.10 Å². The lowest BCUT2D eigenvalue weighted by molar-refractivity contribution is 0.0624. The van der Waals surface area contributed by atoms with Crippen molar-refractivity contribution >= 4 is 0 Å². The predicted molar refractivity (Wildman–Crippen MR) is 90.8 cm³/mol. The molecule has 1 aliphatic heterocycles. The van der Waals surface area contributed by atoms with Gasteiger partial charge in [0, 0.05) is 26.2 Å². The van der Waals surface area contributed by atoms with E-state index in [4.69, 9.17) is 4.74 Å². The second-order valence-corrected chi connectivity index (χ2v) is 6.89. The third kappa shape index (κ3) is 4.55. The van der Waals surface area contributed by atoms with Crippen LogP contribution < -0.4 is 5.32 Å². The summed E-state index contributed by atoms with van der Waals surface area (Å²) in [7, 11) is 1.84. The van der Waals surface area contributed by atoms with E-state index in [1.807, 2.05) is 7.11 Å². The van der Waals surface area contributed by atoms with Gasteiger partial charge in [-0.15, -0.1) is 0 Å². The van der Waals surface area contributed by atoms with Crippen LogP contribution in [-0.4, -0.2) is 37.2 Å². The molecule has 0 amide bonds. The Labute approximate surface area is 135 Å². The van der Waals surface area contributed by atoms with Crippen LogP contribution in [0, 0.1) is 0 Å². The first-order valence-electron chi connectivity index (χ1n) is 8.90. The standard InChI is InChI=1S/C19H30N2O/c1-22-19-9-7-18(8-10-19)20-14-16-5-4-6-17(13-16)15-21-11-2-3-12-21/h4-6,13,18-20H,2-3,7-12,14-15H2,1H3. The van der Waals surface area contributed by atoms with Crippen molar-refractivity contribution in [1.29, 1.82) is 0 Å². The highest BCUT2D eigenvalue weighted by Crippen LogP contribution is 2.21. The number of nitrogens with one attached hydrogen (secondary N) is 1. The van der Waals surface area contributed by atoms with E-state index in [0.717, 1.165) is 13.1 Å². The quantitative estimate of drug-likeness (QED) is 0.872. The van der Waals surface area contributed by atoms with Crippen molar-refractivity contribution in [3.05, 3.63) is 35.4 Å². The summed E-state index contributed by atoms with van der Waals surface area (Å²) in [5.74, 6) is 0. The number of ether oxygens (including phenoxy) is 1. The van der Waals surface area contributed by atoms with Crippen molar-refractivity contribution in [2.75, 3.05) is 20.2 Å². The molecule has 0 bridgehead atoms. The molecule has 0 spiro atoms. The zero-order chi connectivity index (χ0) is 15.2. The van der Waals surface area contributed by atoms with Crippen LogP contribution in [0.15, 0.2) is 24.3 Å². The van der Waals surface area contributed by atoms with Crippen molar-refractivity contribution in [3.8, 4) is 0 Å². The van der Waals surface area contributed by atoms with E-state index in [1.165, 1.54) is 62.7 Å². The van der Waals surface area contributed by atoms with Gasteiger partial charge in [-0.2, -0.15) is 0 Å². The summed E-state index contributed by atoms with van der Waals surface area (Å²) in [6.45, 7) is 4.65. The highest BCUT2D eigenvalue weighted by molar-refractivity contribution is 5.23. The number of likely N-dealkylation sites (tertiary alicyclic amines) is 1. The Morgan fingerprint density at radius 3 is 2.55 bits per heavy atom. The fraction of sp³-hybridized carbons (Fsp3) is 0.684. The number of methoxy groups -OCH3 is 1. The molecule has 3 rings (SSSR count). The molecule has 2 aliphatic rings. The van der Waals surface area contributed by atoms with Crippen LogP contribution in [0.2, 0.25) is 0 Å². The fourth-order valence-electron chi connectivity index (χ4n) is 3.80. The summed E-state index contributed by atoms with van der Waals surface area (Å²) in [4.78, 5) is 2.57. The summed E-state index contributed by atoms with van der Waals surface area (Å²) in [5.41, 5.74) is 2.88. The molecule has 1 aliphatic carbocycles. The van der Waals surface area contributed by atoms with E-state index >= 15 is 0 Å². The molecule has 0 unspecified atom stereocenters. The van der Waals surface area contributed by atoms with E-state index < -0.39 is 0 Å². The van der Waals surface area contributed by atoms with Crippen molar-refractivity contribution < 1.29 is 4.74 Å². The van der Waals surface area contributed by atoms with Gasteiger partial charge in [0.25, 0.3) is 0 Å². The fourth-order valence-corrected chi connectivity index (χ4v) is 3.80. The molecule has 1 aromatic carbocycles. The van der Waals surface area contributed by atoms with Gasteiger partial charge in [0.2, 0.25) is 0 Å². The molecule has 1 saturated heterocycles. The topological polar surface area (TPSA) is 24.5 Å². The number of hydrogen-bond donors (Lipinski definition) is 1. The van der Waals surface area contributed by atoms with Crippen LogP contribution in [0.1, 0.15) is 49.7 Å². The lowest BCUT2D eigenvalue weighted by atomic mass is 9.93. The molecule has 1 saturated carbocycles. The third-order valence-corrected chi connectivity index (χ3v) is 5.20. The molecule has 22 heavy (non-hydrogen) atoms. The summed E-state index contributed by atoms with van der Waals surface area (Å²) in [6, 6.07) is 9.78. The summed E-state index contributed by atoms with van der Waals surface area (Å²) < 4.78 is 5.45. The molecule has 1 heterocycles. The lowest BCUT2D eigenvalue weighted by Crippen LogP contribution is -2.34. The van der Waals surface area contributed by atoms with Gasteiger partial charge >= 0.3 is 0 Å². The zero-order valence-electron chi connectivity index (χ0n) is 13.9. The van der Waals surface area contributed by atoms with Gasteiger partial charge in [0.15, 0.2) is 0 Å². The van der Waals surface area contributed by atoms with Crippen molar-refractivity contribution in [3.63, 3.8) is 0 Å². The largest absolute Gasteiger partial charge is 0.381 e. The van der Waals surface area contributed by atoms with Crippen LogP contribution >= 0.6 is 0 Å². The Kier molecular flexibility index (Phi) is 5.88. The maximum absolute atomic E-state index is 5.45. The SMILES string of the molecule is COC1CCC(NCc2cccc(CN3CCCC3)c2)CC1. The van der Waals surface area contributed by atoms with Crippen LogP contribution in [0.4, 0.5) is 0 Å². The minimum Gasteiger partial charge on any atom is -0.381 e. The monoisotopic (exact) mass is 302 g/mol.